The smallest absolute Gasteiger partial charge is 0.332 e. The average Bonchev–Trinajstić information content (AvgIpc) is 2.26. The summed E-state index contributed by atoms with van der Waals surface area (Å²) >= 11 is 0. The van der Waals surface area contributed by atoms with Gasteiger partial charge >= 0.3 is 5.69 Å². The van der Waals surface area contributed by atoms with E-state index in [0.717, 1.165) is 4.90 Å². The molecule has 0 aliphatic heterocycles. The summed E-state index contributed by atoms with van der Waals surface area (Å²) in [5.74, 6) is 0.0652. The first kappa shape index (κ1) is 15.0. The van der Waals surface area contributed by atoms with Gasteiger partial charge in [0, 0.05) is 13.6 Å². The molecule has 0 fully saturated rings. The predicted molar refractivity (Wildman–Crippen MR) is 66.9 cm³/mol. The molecule has 1 rings (SSSR count). The van der Waals surface area contributed by atoms with Crippen LogP contribution in [0, 0.1) is 17.0 Å². The molecule has 106 valence electrons. The molecule has 0 aromatic carbocycles. The van der Waals surface area contributed by atoms with Crippen LogP contribution in [0.25, 0.3) is 0 Å². The molecule has 7 nitrogen and oxygen atoms in total. The molecule has 0 saturated heterocycles. The molecular weight excluding hydrogens is 260 g/mol. The van der Waals surface area contributed by atoms with Gasteiger partial charge in [0.1, 0.15) is 5.69 Å². The molecule has 0 saturated carbocycles. The second-order valence-electron chi connectivity index (χ2n) is 3.86. The van der Waals surface area contributed by atoms with E-state index < -0.39 is 17.9 Å². The maximum atomic E-state index is 12.4. The fourth-order valence-corrected chi connectivity index (χ4v) is 1.56. The largest absolute Gasteiger partial charge is 0.354 e. The first-order chi connectivity index (χ1) is 8.86. The minimum Gasteiger partial charge on any atom is -0.354 e. The lowest BCUT2D eigenvalue weighted by Crippen LogP contribution is -2.26. The van der Waals surface area contributed by atoms with Gasteiger partial charge in [0.15, 0.2) is 0 Å². The van der Waals surface area contributed by atoms with E-state index in [0.29, 0.717) is 6.54 Å². The Morgan fingerprint density at radius 3 is 2.58 bits per heavy atom. The van der Waals surface area contributed by atoms with E-state index in [-0.39, 0.29) is 23.1 Å². The number of anilines is 2. The van der Waals surface area contributed by atoms with Crippen molar-refractivity contribution in [2.24, 2.45) is 0 Å². The Balaban J connectivity index is 3.26. The van der Waals surface area contributed by atoms with Gasteiger partial charge in [-0.1, -0.05) is 0 Å². The summed E-state index contributed by atoms with van der Waals surface area (Å²) < 4.78 is 24.8. The van der Waals surface area contributed by atoms with Crippen LogP contribution in [0.15, 0.2) is 0 Å². The van der Waals surface area contributed by atoms with Crippen LogP contribution in [-0.2, 0) is 0 Å². The van der Waals surface area contributed by atoms with Gasteiger partial charge in [-0.05, 0) is 13.8 Å². The molecule has 19 heavy (non-hydrogen) atoms. The van der Waals surface area contributed by atoms with E-state index in [4.69, 9.17) is 0 Å². The van der Waals surface area contributed by atoms with Crippen molar-refractivity contribution in [3.05, 3.63) is 15.8 Å². The van der Waals surface area contributed by atoms with Gasteiger partial charge in [-0.2, -0.15) is 4.98 Å². The van der Waals surface area contributed by atoms with E-state index >= 15 is 0 Å². The van der Waals surface area contributed by atoms with Gasteiger partial charge in [0.2, 0.25) is 11.8 Å². The zero-order valence-corrected chi connectivity index (χ0v) is 10.9. The second-order valence-corrected chi connectivity index (χ2v) is 3.86. The van der Waals surface area contributed by atoms with Gasteiger partial charge in [-0.15, -0.1) is 0 Å². The summed E-state index contributed by atoms with van der Waals surface area (Å²) in [5, 5.41) is 13.8. The molecule has 1 aromatic heterocycles. The maximum absolute atomic E-state index is 12.4. The normalized spacial score (nSPS) is 10.6. The molecule has 9 heteroatoms. The zero-order chi connectivity index (χ0) is 14.6. The molecule has 0 unspecified atom stereocenters. The summed E-state index contributed by atoms with van der Waals surface area (Å²) in [4.78, 5) is 19.2. The van der Waals surface area contributed by atoms with Crippen LogP contribution in [0.4, 0.5) is 26.2 Å². The van der Waals surface area contributed by atoms with Crippen molar-refractivity contribution in [1.29, 1.82) is 0 Å². The Hall–Kier alpha value is -2.06. The molecule has 0 atom stereocenters. The molecule has 0 spiro atoms. The molecule has 1 N–H and O–H groups in total. The molecule has 1 heterocycles. The van der Waals surface area contributed by atoms with Gasteiger partial charge in [-0.25, -0.2) is 13.8 Å². The quantitative estimate of drug-likeness (QED) is 0.629. The fraction of sp³-hybridized carbons (Fsp3) is 0.600. The monoisotopic (exact) mass is 275 g/mol. The topological polar surface area (TPSA) is 84.2 Å². The van der Waals surface area contributed by atoms with Crippen LogP contribution in [0.5, 0.6) is 0 Å². The highest BCUT2D eigenvalue weighted by Crippen LogP contribution is 2.29. The number of hydrogen-bond donors (Lipinski definition) is 1. The van der Waals surface area contributed by atoms with E-state index in [1.165, 1.54) is 14.0 Å². The van der Waals surface area contributed by atoms with E-state index in [1.807, 2.05) is 6.92 Å². The number of aryl methyl sites for hydroxylation is 1. The van der Waals surface area contributed by atoms with Crippen LogP contribution in [0.2, 0.25) is 0 Å². The molecular formula is C10H15F2N5O2. The number of halogens is 2. The Labute approximate surface area is 108 Å². The number of rotatable bonds is 6. The van der Waals surface area contributed by atoms with Crippen LogP contribution in [0.3, 0.4) is 0 Å². The molecule has 1 aromatic rings. The molecule has 0 aliphatic carbocycles. The van der Waals surface area contributed by atoms with Gasteiger partial charge in [0.25, 0.3) is 6.43 Å². The number of alkyl halides is 2. The highest BCUT2D eigenvalue weighted by molar-refractivity contribution is 5.62. The zero-order valence-electron chi connectivity index (χ0n) is 10.9. The SMILES string of the molecule is CCNc1nc(C)c([N+](=O)[O-])c(N(C)CC(F)F)n1. The number of nitro groups is 1. The van der Waals surface area contributed by atoms with Crippen molar-refractivity contribution in [3.63, 3.8) is 0 Å². The summed E-state index contributed by atoms with van der Waals surface area (Å²) in [5.41, 5.74) is -0.225. The van der Waals surface area contributed by atoms with Crippen molar-refractivity contribution in [2.75, 3.05) is 30.4 Å². The van der Waals surface area contributed by atoms with Crippen molar-refractivity contribution in [3.8, 4) is 0 Å². The predicted octanol–water partition coefficient (Wildman–Crippen LogP) is 1.83. The summed E-state index contributed by atoms with van der Waals surface area (Å²) in [7, 11) is 1.33. The number of hydrogen-bond acceptors (Lipinski definition) is 6. The number of aromatic nitrogens is 2. The molecule has 0 bridgehead atoms. The summed E-state index contributed by atoms with van der Waals surface area (Å²) in [6.45, 7) is 3.14. The third-order valence-corrected chi connectivity index (χ3v) is 2.33. The third-order valence-electron chi connectivity index (χ3n) is 2.33. The van der Waals surface area contributed by atoms with Crippen LogP contribution in [-0.4, -0.2) is 41.5 Å². The fourth-order valence-electron chi connectivity index (χ4n) is 1.56. The Bertz CT molecular complexity index is 469. The van der Waals surface area contributed by atoms with Gasteiger partial charge < -0.3 is 10.2 Å². The van der Waals surface area contributed by atoms with Crippen molar-refractivity contribution in [1.82, 2.24) is 9.97 Å². The first-order valence-corrected chi connectivity index (χ1v) is 5.63. The van der Waals surface area contributed by atoms with E-state index in [9.17, 15) is 18.9 Å². The lowest BCUT2D eigenvalue weighted by molar-refractivity contribution is -0.385. The van der Waals surface area contributed by atoms with Crippen molar-refractivity contribution < 1.29 is 13.7 Å². The molecule has 0 amide bonds. The molecule has 0 radical (unpaired) electrons. The lowest BCUT2D eigenvalue weighted by Gasteiger charge is -2.18. The number of nitrogens with zero attached hydrogens (tertiary/aromatic N) is 4. The van der Waals surface area contributed by atoms with Crippen LogP contribution in [0.1, 0.15) is 12.6 Å². The third kappa shape index (κ3) is 3.70. The summed E-state index contributed by atoms with van der Waals surface area (Å²) in [6, 6.07) is 0. The lowest BCUT2D eigenvalue weighted by atomic mass is 10.3. The minimum absolute atomic E-state index is 0.117. The highest BCUT2D eigenvalue weighted by Gasteiger charge is 2.26. The van der Waals surface area contributed by atoms with Crippen LogP contribution >= 0.6 is 0 Å². The summed E-state index contributed by atoms with van der Waals surface area (Å²) in [6.07, 6.45) is -2.61. The second kappa shape index (κ2) is 6.21. The van der Waals surface area contributed by atoms with E-state index in [1.54, 1.807) is 0 Å². The number of nitrogens with one attached hydrogen (secondary N) is 1. The Kier molecular flexibility index (Phi) is 4.90. The molecule has 0 aliphatic rings. The standard InChI is InChI=1S/C10H15F2N5O2/c1-4-13-10-14-6(2)8(17(18)19)9(15-10)16(3)5-7(11)12/h7H,4-5H2,1-3H3,(H,13,14,15). The Morgan fingerprint density at radius 2 is 2.11 bits per heavy atom. The van der Waals surface area contributed by atoms with Gasteiger partial charge in [-0.3, -0.25) is 10.1 Å². The van der Waals surface area contributed by atoms with Crippen LogP contribution < -0.4 is 10.2 Å². The Morgan fingerprint density at radius 1 is 1.47 bits per heavy atom. The van der Waals surface area contributed by atoms with Crippen molar-refractivity contribution >= 4 is 17.5 Å². The van der Waals surface area contributed by atoms with Crippen molar-refractivity contribution in [2.45, 2.75) is 20.3 Å². The maximum Gasteiger partial charge on any atom is 0.332 e. The average molecular weight is 275 g/mol. The highest BCUT2D eigenvalue weighted by atomic mass is 19.3. The van der Waals surface area contributed by atoms with E-state index in [2.05, 4.69) is 15.3 Å². The van der Waals surface area contributed by atoms with Gasteiger partial charge in [0.05, 0.1) is 11.5 Å². The minimum atomic E-state index is -2.61. The first-order valence-electron chi connectivity index (χ1n) is 5.63.